The number of rotatable bonds is 2. The van der Waals surface area contributed by atoms with Crippen molar-refractivity contribution in [1.29, 1.82) is 0 Å². The molecule has 4 heterocycles. The van der Waals surface area contributed by atoms with Gasteiger partial charge in [-0.05, 0) is 31.4 Å². The Balaban J connectivity index is 1.63. The molecule has 0 saturated carbocycles. The summed E-state index contributed by atoms with van der Waals surface area (Å²) in [6, 6.07) is 6.87. The van der Waals surface area contributed by atoms with Crippen LogP contribution in [0, 0.1) is 0 Å². The third-order valence-corrected chi connectivity index (χ3v) is 3.95. The smallest absolute Gasteiger partial charge is 0.231 e. The van der Waals surface area contributed by atoms with E-state index in [4.69, 9.17) is 4.52 Å². The predicted molar refractivity (Wildman–Crippen MR) is 64.8 cm³/mol. The van der Waals surface area contributed by atoms with Crippen molar-refractivity contribution in [3.05, 3.63) is 30.3 Å². The van der Waals surface area contributed by atoms with Gasteiger partial charge in [0.1, 0.15) is 5.69 Å². The molecule has 2 aliphatic heterocycles. The van der Waals surface area contributed by atoms with E-state index in [1.807, 2.05) is 18.2 Å². The van der Waals surface area contributed by atoms with E-state index in [-0.39, 0.29) is 0 Å². The fourth-order valence-electron chi connectivity index (χ4n) is 3.08. The second-order valence-corrected chi connectivity index (χ2v) is 5.06. The highest BCUT2D eigenvalue weighted by molar-refractivity contribution is 5.47. The van der Waals surface area contributed by atoms with Gasteiger partial charge in [0.2, 0.25) is 11.7 Å². The number of aromatic nitrogens is 3. The lowest BCUT2D eigenvalue weighted by Crippen LogP contribution is -2.21. The topological polar surface area (TPSA) is 63.8 Å². The number of nitrogens with zero attached hydrogens (tertiary/aromatic N) is 3. The number of fused-ring (bicyclic) bond motifs is 2. The van der Waals surface area contributed by atoms with Crippen LogP contribution in [0.25, 0.3) is 11.5 Å². The second kappa shape index (κ2) is 3.88. The molecular weight excluding hydrogens is 228 g/mol. The Morgan fingerprint density at radius 3 is 3.00 bits per heavy atom. The number of hydrogen-bond acceptors (Lipinski definition) is 5. The molecule has 0 radical (unpaired) electrons. The Hall–Kier alpha value is -1.75. The third kappa shape index (κ3) is 1.54. The number of nitrogens with one attached hydrogen (secondary N) is 1. The van der Waals surface area contributed by atoms with Gasteiger partial charge in [-0.2, -0.15) is 4.98 Å². The zero-order chi connectivity index (χ0) is 11.9. The van der Waals surface area contributed by atoms with Crippen LogP contribution in [0.3, 0.4) is 0 Å². The summed E-state index contributed by atoms with van der Waals surface area (Å²) in [4.78, 5) is 8.74. The molecule has 0 aliphatic carbocycles. The first-order valence-corrected chi connectivity index (χ1v) is 6.41. The number of hydrogen-bond donors (Lipinski definition) is 1. The summed E-state index contributed by atoms with van der Waals surface area (Å²) >= 11 is 0. The van der Waals surface area contributed by atoms with E-state index in [9.17, 15) is 0 Å². The van der Waals surface area contributed by atoms with Crippen molar-refractivity contribution in [2.24, 2.45) is 0 Å². The summed E-state index contributed by atoms with van der Waals surface area (Å²) in [5.74, 6) is 1.73. The van der Waals surface area contributed by atoms with E-state index in [1.54, 1.807) is 6.20 Å². The Morgan fingerprint density at radius 1 is 1.28 bits per heavy atom. The monoisotopic (exact) mass is 242 g/mol. The molecule has 0 aromatic carbocycles. The van der Waals surface area contributed by atoms with E-state index in [0.717, 1.165) is 18.0 Å². The summed E-state index contributed by atoms with van der Waals surface area (Å²) in [6.07, 6.45) is 5.36. The third-order valence-electron chi connectivity index (χ3n) is 3.95. The van der Waals surface area contributed by atoms with E-state index in [1.165, 1.54) is 12.8 Å². The molecule has 0 amide bonds. The van der Waals surface area contributed by atoms with Crippen LogP contribution in [0.1, 0.15) is 31.1 Å². The van der Waals surface area contributed by atoms with Gasteiger partial charge >= 0.3 is 0 Å². The van der Waals surface area contributed by atoms with Crippen molar-refractivity contribution in [2.45, 2.75) is 37.3 Å². The maximum Gasteiger partial charge on any atom is 0.231 e. The van der Waals surface area contributed by atoms with E-state index in [0.29, 0.717) is 23.8 Å². The van der Waals surface area contributed by atoms with Crippen molar-refractivity contribution in [3.8, 4) is 11.5 Å². The summed E-state index contributed by atoms with van der Waals surface area (Å²) < 4.78 is 5.41. The second-order valence-electron chi connectivity index (χ2n) is 5.06. The molecule has 4 rings (SSSR count). The van der Waals surface area contributed by atoms with Crippen LogP contribution in [-0.2, 0) is 0 Å². The van der Waals surface area contributed by atoms with Crippen LogP contribution in [0.15, 0.2) is 28.9 Å². The van der Waals surface area contributed by atoms with Gasteiger partial charge in [0.05, 0.1) is 5.92 Å². The molecule has 2 aliphatic rings. The average molecular weight is 242 g/mol. The van der Waals surface area contributed by atoms with Gasteiger partial charge in [-0.25, -0.2) is 0 Å². The minimum Gasteiger partial charge on any atom is -0.339 e. The lowest BCUT2D eigenvalue weighted by atomic mass is 9.89. The van der Waals surface area contributed by atoms with Gasteiger partial charge in [-0.15, -0.1) is 0 Å². The Kier molecular flexibility index (Phi) is 2.20. The zero-order valence-corrected chi connectivity index (χ0v) is 9.91. The maximum atomic E-state index is 5.41. The first-order chi connectivity index (χ1) is 8.90. The molecule has 0 spiro atoms. The quantitative estimate of drug-likeness (QED) is 0.869. The van der Waals surface area contributed by atoms with Gasteiger partial charge < -0.3 is 9.84 Å². The molecule has 2 aromatic heterocycles. The molecule has 2 fully saturated rings. The molecule has 3 atom stereocenters. The minimum atomic E-state index is 0.383. The largest absolute Gasteiger partial charge is 0.339 e. The summed E-state index contributed by atoms with van der Waals surface area (Å²) in [5, 5.41) is 7.62. The first-order valence-electron chi connectivity index (χ1n) is 6.41. The van der Waals surface area contributed by atoms with E-state index < -0.39 is 0 Å². The van der Waals surface area contributed by atoms with Gasteiger partial charge in [-0.3, -0.25) is 4.98 Å². The average Bonchev–Trinajstić information content (AvgIpc) is 3.15. The van der Waals surface area contributed by atoms with Crippen LogP contribution in [0.4, 0.5) is 0 Å². The molecule has 1 N–H and O–H groups in total. The van der Waals surface area contributed by atoms with Crippen LogP contribution >= 0.6 is 0 Å². The normalized spacial score (nSPS) is 29.9. The summed E-state index contributed by atoms with van der Waals surface area (Å²) in [6.45, 7) is 0. The lowest BCUT2D eigenvalue weighted by molar-refractivity contribution is 0.329. The standard InChI is InChI=1S/C13H14N4O/c1-2-6-14-11(3-1)12-16-13(18-17-12)9-7-8-4-5-10(9)15-8/h1-3,6,8-10,15H,4-5,7H2. The van der Waals surface area contributed by atoms with Gasteiger partial charge in [0, 0.05) is 18.3 Å². The van der Waals surface area contributed by atoms with Gasteiger partial charge in [0.25, 0.3) is 0 Å². The summed E-state index contributed by atoms with van der Waals surface area (Å²) in [7, 11) is 0. The Morgan fingerprint density at radius 2 is 2.28 bits per heavy atom. The lowest BCUT2D eigenvalue weighted by Gasteiger charge is -2.15. The van der Waals surface area contributed by atoms with Gasteiger partial charge in [-0.1, -0.05) is 11.2 Å². The van der Waals surface area contributed by atoms with Crippen molar-refractivity contribution < 1.29 is 4.52 Å². The zero-order valence-electron chi connectivity index (χ0n) is 9.91. The van der Waals surface area contributed by atoms with Crippen molar-refractivity contribution in [2.75, 3.05) is 0 Å². The summed E-state index contributed by atoms with van der Waals surface area (Å²) in [5.41, 5.74) is 0.767. The number of pyridine rings is 1. The first kappa shape index (κ1) is 10.2. The molecule has 2 saturated heterocycles. The molecule has 3 unspecified atom stereocenters. The Bertz CT molecular complexity index is 553. The van der Waals surface area contributed by atoms with Crippen LogP contribution in [0.2, 0.25) is 0 Å². The van der Waals surface area contributed by atoms with Crippen molar-refractivity contribution in [1.82, 2.24) is 20.4 Å². The highest BCUT2D eigenvalue weighted by Gasteiger charge is 2.42. The molecule has 5 heteroatoms. The van der Waals surface area contributed by atoms with E-state index in [2.05, 4.69) is 20.4 Å². The molecule has 92 valence electrons. The van der Waals surface area contributed by atoms with Crippen LogP contribution < -0.4 is 5.32 Å². The molecular formula is C13H14N4O. The van der Waals surface area contributed by atoms with E-state index >= 15 is 0 Å². The molecule has 2 bridgehead atoms. The van der Waals surface area contributed by atoms with Crippen LogP contribution in [0.5, 0.6) is 0 Å². The Labute approximate surface area is 105 Å². The fraction of sp³-hybridized carbons (Fsp3) is 0.462. The minimum absolute atomic E-state index is 0.383. The van der Waals surface area contributed by atoms with Crippen molar-refractivity contribution in [3.63, 3.8) is 0 Å². The predicted octanol–water partition coefficient (Wildman–Crippen LogP) is 1.74. The van der Waals surface area contributed by atoms with Gasteiger partial charge in [0.15, 0.2) is 0 Å². The van der Waals surface area contributed by atoms with Crippen LogP contribution in [-0.4, -0.2) is 27.2 Å². The highest BCUT2D eigenvalue weighted by Crippen LogP contribution is 2.39. The SMILES string of the molecule is c1ccc(-c2noc(C3CC4CCC3N4)n2)nc1. The molecule has 5 nitrogen and oxygen atoms in total. The molecule has 2 aromatic rings. The maximum absolute atomic E-state index is 5.41. The van der Waals surface area contributed by atoms with Crippen molar-refractivity contribution >= 4 is 0 Å². The fourth-order valence-corrected chi connectivity index (χ4v) is 3.08. The molecule has 18 heavy (non-hydrogen) atoms. The highest BCUT2D eigenvalue weighted by atomic mass is 16.5.